The van der Waals surface area contributed by atoms with Gasteiger partial charge in [-0.2, -0.15) is 0 Å². The number of pyridine rings is 1. The second-order valence-electron chi connectivity index (χ2n) is 5.76. The van der Waals surface area contributed by atoms with E-state index >= 15 is 0 Å². The predicted octanol–water partition coefficient (Wildman–Crippen LogP) is 2.25. The molecule has 1 N–H and O–H groups in total. The average Bonchev–Trinajstić information content (AvgIpc) is 3.32. The fourth-order valence-corrected chi connectivity index (χ4v) is 2.87. The zero-order valence-corrected chi connectivity index (χ0v) is 10.7. The molecule has 2 aliphatic carbocycles. The first kappa shape index (κ1) is 11.0. The maximum absolute atomic E-state index is 12.4. The van der Waals surface area contributed by atoms with Gasteiger partial charge in [0.25, 0.3) is 5.91 Å². The molecule has 2 heterocycles. The van der Waals surface area contributed by atoms with Crippen LogP contribution in [0.4, 0.5) is 0 Å². The SMILES string of the molecule is O=C(NC(C1CC1)C1CC1)c1ncn2ccccc12. The number of fused-ring (bicyclic) bond motifs is 1. The molecule has 4 heteroatoms. The van der Waals surface area contributed by atoms with Crippen molar-refractivity contribution in [1.29, 1.82) is 0 Å². The summed E-state index contributed by atoms with van der Waals surface area (Å²) in [4.78, 5) is 16.7. The van der Waals surface area contributed by atoms with Crippen LogP contribution in [-0.2, 0) is 0 Å². The topological polar surface area (TPSA) is 46.4 Å². The zero-order chi connectivity index (χ0) is 12.8. The van der Waals surface area contributed by atoms with Gasteiger partial charge in [0.2, 0.25) is 0 Å². The maximum Gasteiger partial charge on any atom is 0.272 e. The van der Waals surface area contributed by atoms with Crippen molar-refractivity contribution in [3.63, 3.8) is 0 Å². The molecule has 0 bridgehead atoms. The summed E-state index contributed by atoms with van der Waals surface area (Å²) in [5.74, 6) is 1.41. The van der Waals surface area contributed by atoms with E-state index in [9.17, 15) is 4.79 Å². The van der Waals surface area contributed by atoms with Crippen LogP contribution in [0.5, 0.6) is 0 Å². The van der Waals surface area contributed by atoms with Gasteiger partial charge in [-0.05, 0) is 49.7 Å². The summed E-state index contributed by atoms with van der Waals surface area (Å²) in [5, 5.41) is 3.22. The number of nitrogens with zero attached hydrogens (tertiary/aromatic N) is 2. The minimum absolute atomic E-state index is 0.0162. The second kappa shape index (κ2) is 4.08. The highest BCUT2D eigenvalue weighted by Gasteiger charge is 2.42. The van der Waals surface area contributed by atoms with Crippen LogP contribution in [0.2, 0.25) is 0 Å². The standard InChI is InChI=1S/C15H17N3O/c19-15(17-13(10-4-5-10)11-6-7-11)14-12-3-1-2-8-18(12)9-16-14/h1-3,8-11,13H,4-7H2,(H,17,19). The number of carbonyl (C=O) groups is 1. The number of hydrogen-bond donors (Lipinski definition) is 1. The maximum atomic E-state index is 12.4. The third kappa shape index (κ3) is 2.01. The largest absolute Gasteiger partial charge is 0.347 e. The smallest absolute Gasteiger partial charge is 0.272 e. The Morgan fingerprint density at radius 3 is 2.68 bits per heavy atom. The third-order valence-electron chi connectivity index (χ3n) is 4.22. The molecule has 1 amide bonds. The summed E-state index contributed by atoms with van der Waals surface area (Å²) in [5.41, 5.74) is 1.43. The number of imidazole rings is 1. The molecule has 2 fully saturated rings. The monoisotopic (exact) mass is 255 g/mol. The van der Waals surface area contributed by atoms with Gasteiger partial charge >= 0.3 is 0 Å². The molecule has 0 saturated heterocycles. The van der Waals surface area contributed by atoms with Crippen LogP contribution >= 0.6 is 0 Å². The fraction of sp³-hybridized carbons (Fsp3) is 0.467. The van der Waals surface area contributed by atoms with Gasteiger partial charge in [0.1, 0.15) is 6.33 Å². The van der Waals surface area contributed by atoms with Crippen LogP contribution < -0.4 is 5.32 Å². The highest BCUT2D eigenvalue weighted by atomic mass is 16.2. The van der Waals surface area contributed by atoms with E-state index in [2.05, 4.69) is 10.3 Å². The van der Waals surface area contributed by atoms with Crippen LogP contribution in [0.25, 0.3) is 5.52 Å². The average molecular weight is 255 g/mol. The van der Waals surface area contributed by atoms with Gasteiger partial charge in [-0.25, -0.2) is 4.98 Å². The Labute approximate surface area is 111 Å². The summed E-state index contributed by atoms with van der Waals surface area (Å²) in [6, 6.07) is 6.19. The molecule has 2 saturated carbocycles. The van der Waals surface area contributed by atoms with E-state index in [0.717, 1.165) is 5.52 Å². The highest BCUT2D eigenvalue weighted by molar-refractivity contribution is 5.99. The summed E-state index contributed by atoms with van der Waals surface area (Å²) >= 11 is 0. The van der Waals surface area contributed by atoms with Crippen molar-refractivity contribution in [3.05, 3.63) is 36.4 Å². The lowest BCUT2D eigenvalue weighted by Gasteiger charge is -2.16. The Morgan fingerprint density at radius 2 is 2.00 bits per heavy atom. The molecule has 0 radical (unpaired) electrons. The summed E-state index contributed by atoms with van der Waals surface area (Å²) in [6.07, 6.45) is 8.69. The van der Waals surface area contributed by atoms with Crippen LogP contribution in [0.15, 0.2) is 30.7 Å². The van der Waals surface area contributed by atoms with Crippen LogP contribution in [0.1, 0.15) is 36.2 Å². The predicted molar refractivity (Wildman–Crippen MR) is 71.9 cm³/mol. The van der Waals surface area contributed by atoms with Gasteiger partial charge in [-0.1, -0.05) is 6.07 Å². The van der Waals surface area contributed by atoms with Crippen molar-refractivity contribution >= 4 is 11.4 Å². The molecular weight excluding hydrogens is 238 g/mol. The number of aromatic nitrogens is 2. The lowest BCUT2D eigenvalue weighted by molar-refractivity contribution is 0.0923. The molecule has 4 nitrogen and oxygen atoms in total. The van der Waals surface area contributed by atoms with E-state index in [4.69, 9.17) is 0 Å². The molecule has 2 aromatic rings. The van der Waals surface area contributed by atoms with Gasteiger partial charge in [0, 0.05) is 12.2 Å². The van der Waals surface area contributed by atoms with Gasteiger partial charge in [0.05, 0.1) is 5.52 Å². The van der Waals surface area contributed by atoms with Crippen molar-refractivity contribution in [2.75, 3.05) is 0 Å². The molecule has 0 atom stereocenters. The molecular formula is C15H17N3O. The van der Waals surface area contributed by atoms with Crippen molar-refractivity contribution in [2.24, 2.45) is 11.8 Å². The summed E-state index contributed by atoms with van der Waals surface area (Å²) in [7, 11) is 0. The molecule has 0 unspecified atom stereocenters. The van der Waals surface area contributed by atoms with Crippen molar-refractivity contribution < 1.29 is 4.79 Å². The first-order chi connectivity index (χ1) is 9.33. The van der Waals surface area contributed by atoms with Gasteiger partial charge < -0.3 is 9.72 Å². The summed E-state index contributed by atoms with van der Waals surface area (Å²) < 4.78 is 1.89. The lowest BCUT2D eigenvalue weighted by atomic mass is 10.1. The molecule has 98 valence electrons. The summed E-state index contributed by atoms with van der Waals surface area (Å²) in [6.45, 7) is 0. The van der Waals surface area contributed by atoms with Crippen LogP contribution in [0, 0.1) is 11.8 Å². The Hall–Kier alpha value is -1.84. The Morgan fingerprint density at radius 1 is 1.26 bits per heavy atom. The van der Waals surface area contributed by atoms with E-state index in [1.165, 1.54) is 25.7 Å². The highest BCUT2D eigenvalue weighted by Crippen LogP contribution is 2.44. The van der Waals surface area contributed by atoms with E-state index in [0.29, 0.717) is 23.6 Å². The normalized spacial score (nSPS) is 19.0. The van der Waals surface area contributed by atoms with Crippen molar-refractivity contribution in [2.45, 2.75) is 31.7 Å². The zero-order valence-electron chi connectivity index (χ0n) is 10.7. The number of amides is 1. The van der Waals surface area contributed by atoms with Gasteiger partial charge in [-0.3, -0.25) is 4.79 Å². The molecule has 19 heavy (non-hydrogen) atoms. The number of carbonyl (C=O) groups excluding carboxylic acids is 1. The minimum Gasteiger partial charge on any atom is -0.347 e. The van der Waals surface area contributed by atoms with Crippen LogP contribution in [0.3, 0.4) is 0 Å². The first-order valence-corrected chi connectivity index (χ1v) is 7.05. The Balaban J connectivity index is 1.59. The van der Waals surface area contributed by atoms with Gasteiger partial charge in [-0.15, -0.1) is 0 Å². The second-order valence-corrected chi connectivity index (χ2v) is 5.76. The lowest BCUT2D eigenvalue weighted by Crippen LogP contribution is -2.38. The molecule has 0 aliphatic heterocycles. The van der Waals surface area contributed by atoms with Crippen molar-refractivity contribution in [1.82, 2.24) is 14.7 Å². The number of nitrogens with one attached hydrogen (secondary N) is 1. The molecule has 4 rings (SSSR count). The third-order valence-corrected chi connectivity index (χ3v) is 4.22. The Kier molecular flexibility index (Phi) is 2.37. The van der Waals surface area contributed by atoms with Crippen LogP contribution in [-0.4, -0.2) is 21.3 Å². The van der Waals surface area contributed by atoms with E-state index in [1.807, 2.05) is 28.8 Å². The number of hydrogen-bond acceptors (Lipinski definition) is 2. The molecule has 2 aromatic heterocycles. The van der Waals surface area contributed by atoms with E-state index in [1.54, 1.807) is 6.33 Å². The minimum atomic E-state index is -0.0162. The van der Waals surface area contributed by atoms with E-state index < -0.39 is 0 Å². The Bertz CT molecular complexity index is 613. The molecule has 0 aromatic carbocycles. The first-order valence-electron chi connectivity index (χ1n) is 7.05. The van der Waals surface area contributed by atoms with Crippen molar-refractivity contribution in [3.8, 4) is 0 Å². The molecule has 0 spiro atoms. The van der Waals surface area contributed by atoms with Gasteiger partial charge in [0.15, 0.2) is 5.69 Å². The number of rotatable bonds is 4. The fourth-order valence-electron chi connectivity index (χ4n) is 2.87. The quantitative estimate of drug-likeness (QED) is 0.910. The van der Waals surface area contributed by atoms with E-state index in [-0.39, 0.29) is 5.91 Å². The molecule has 2 aliphatic rings.